The maximum Gasteiger partial charge on any atom is 0.255 e. The number of nitrogens with one attached hydrogen (secondary N) is 1. The fourth-order valence-corrected chi connectivity index (χ4v) is 4.99. The average molecular weight is 422 g/mol. The number of carbonyl (C=O) groups excluding carboxylic acids is 1. The van der Waals surface area contributed by atoms with Gasteiger partial charge in [0, 0.05) is 18.7 Å². The molecule has 2 heterocycles. The van der Waals surface area contributed by atoms with Gasteiger partial charge in [-0.05, 0) is 56.5 Å². The average Bonchev–Trinajstić information content (AvgIpc) is 2.68. The summed E-state index contributed by atoms with van der Waals surface area (Å²) in [4.78, 5) is 16.8. The van der Waals surface area contributed by atoms with Crippen molar-refractivity contribution in [1.82, 2.24) is 9.29 Å². The van der Waals surface area contributed by atoms with E-state index in [0.717, 1.165) is 5.03 Å². The molecule has 2 aromatic rings. The van der Waals surface area contributed by atoms with Crippen LogP contribution in [0.1, 0.15) is 24.2 Å². The molecule has 1 aromatic carbocycles. The molecule has 0 saturated carbocycles. The van der Waals surface area contributed by atoms with Crippen molar-refractivity contribution < 1.29 is 17.9 Å². The summed E-state index contributed by atoms with van der Waals surface area (Å²) >= 11 is 1.52. The van der Waals surface area contributed by atoms with Gasteiger partial charge in [-0.25, -0.2) is 13.4 Å². The number of ether oxygens (including phenoxy) is 1. The Balaban J connectivity index is 1.72. The second-order valence-corrected chi connectivity index (χ2v) is 9.41. The Kier molecular flexibility index (Phi) is 6.39. The first-order valence-electron chi connectivity index (χ1n) is 8.86. The molecule has 1 aliphatic heterocycles. The van der Waals surface area contributed by atoms with Gasteiger partial charge < -0.3 is 10.1 Å². The van der Waals surface area contributed by atoms with Gasteiger partial charge in [-0.2, -0.15) is 4.31 Å². The standard InChI is InChI=1S/C19H23N3O4S2/c1-13-11-22(12-14(2)26-13)28(24,25)17-7-4-15(5-8-17)19(23)21-16-6-9-18(27-3)20-10-16/h4-10,13-14H,11-12H2,1-3H3,(H,21,23). The monoisotopic (exact) mass is 421 g/mol. The molecule has 7 nitrogen and oxygen atoms in total. The number of thioether (sulfide) groups is 1. The molecule has 1 N–H and O–H groups in total. The highest BCUT2D eigenvalue weighted by molar-refractivity contribution is 7.98. The fraction of sp³-hybridized carbons (Fsp3) is 0.368. The van der Waals surface area contributed by atoms with Crippen molar-refractivity contribution in [3.05, 3.63) is 48.2 Å². The van der Waals surface area contributed by atoms with Crippen LogP contribution in [0.15, 0.2) is 52.5 Å². The maximum atomic E-state index is 12.9. The summed E-state index contributed by atoms with van der Waals surface area (Å²) in [7, 11) is -3.63. The molecule has 0 aliphatic carbocycles. The van der Waals surface area contributed by atoms with Crippen molar-refractivity contribution in [3.63, 3.8) is 0 Å². The van der Waals surface area contributed by atoms with Gasteiger partial charge in [0.2, 0.25) is 10.0 Å². The molecular formula is C19H23N3O4S2. The third-order valence-corrected chi connectivity index (χ3v) is 6.85. The SMILES string of the molecule is CSc1ccc(NC(=O)c2ccc(S(=O)(=O)N3CC(C)OC(C)C3)cc2)cn1. The number of sulfonamides is 1. The van der Waals surface area contributed by atoms with Crippen molar-refractivity contribution in [1.29, 1.82) is 0 Å². The van der Waals surface area contributed by atoms with Gasteiger partial charge >= 0.3 is 0 Å². The maximum absolute atomic E-state index is 12.9. The second-order valence-electron chi connectivity index (χ2n) is 6.65. The van der Waals surface area contributed by atoms with Crippen LogP contribution in [0.3, 0.4) is 0 Å². The minimum Gasteiger partial charge on any atom is -0.373 e. The van der Waals surface area contributed by atoms with E-state index in [4.69, 9.17) is 4.74 Å². The highest BCUT2D eigenvalue weighted by Gasteiger charge is 2.32. The number of carbonyl (C=O) groups is 1. The molecule has 1 aliphatic rings. The molecule has 0 spiro atoms. The Morgan fingerprint density at radius 2 is 1.79 bits per heavy atom. The van der Waals surface area contributed by atoms with Crippen molar-refractivity contribution >= 4 is 33.4 Å². The number of anilines is 1. The minimum atomic E-state index is -3.63. The smallest absolute Gasteiger partial charge is 0.255 e. The normalized spacial score (nSPS) is 20.7. The Morgan fingerprint density at radius 1 is 1.14 bits per heavy atom. The van der Waals surface area contributed by atoms with Gasteiger partial charge in [-0.3, -0.25) is 4.79 Å². The number of morpholine rings is 1. The number of hydrogen-bond acceptors (Lipinski definition) is 6. The summed E-state index contributed by atoms with van der Waals surface area (Å²) in [6.45, 7) is 4.33. The number of pyridine rings is 1. The number of hydrogen-bond donors (Lipinski definition) is 1. The van der Waals surface area contributed by atoms with Crippen molar-refractivity contribution in [2.45, 2.75) is 36.0 Å². The molecule has 150 valence electrons. The van der Waals surface area contributed by atoms with Gasteiger partial charge in [0.1, 0.15) is 0 Å². The summed E-state index contributed by atoms with van der Waals surface area (Å²) in [5.41, 5.74) is 0.951. The number of rotatable bonds is 5. The van der Waals surface area contributed by atoms with Crippen LogP contribution in [0.5, 0.6) is 0 Å². The molecular weight excluding hydrogens is 398 g/mol. The topological polar surface area (TPSA) is 88.6 Å². The zero-order valence-electron chi connectivity index (χ0n) is 16.0. The lowest BCUT2D eigenvalue weighted by atomic mass is 10.2. The molecule has 1 saturated heterocycles. The Labute approximate surface area is 169 Å². The van der Waals surface area contributed by atoms with Crippen LogP contribution in [0.25, 0.3) is 0 Å². The third kappa shape index (κ3) is 4.72. The van der Waals surface area contributed by atoms with E-state index >= 15 is 0 Å². The van der Waals surface area contributed by atoms with Crippen LogP contribution in [-0.2, 0) is 14.8 Å². The first kappa shape index (κ1) is 20.8. The molecule has 1 amide bonds. The minimum absolute atomic E-state index is 0.158. The number of amides is 1. The predicted molar refractivity (Wildman–Crippen MR) is 109 cm³/mol. The lowest BCUT2D eigenvalue weighted by molar-refractivity contribution is -0.0440. The van der Waals surface area contributed by atoms with Crippen LogP contribution >= 0.6 is 11.8 Å². The number of benzene rings is 1. The summed E-state index contributed by atoms with van der Waals surface area (Å²) in [5, 5.41) is 3.62. The molecule has 3 rings (SSSR count). The van der Waals surface area contributed by atoms with E-state index in [1.165, 1.54) is 40.3 Å². The molecule has 2 atom stereocenters. The summed E-state index contributed by atoms with van der Waals surface area (Å²) in [5.74, 6) is -0.323. The van der Waals surface area contributed by atoms with Gasteiger partial charge in [0.15, 0.2) is 0 Å². The molecule has 0 bridgehead atoms. The van der Waals surface area contributed by atoms with Crippen LogP contribution in [0.2, 0.25) is 0 Å². The van der Waals surface area contributed by atoms with Crippen LogP contribution in [0.4, 0.5) is 5.69 Å². The summed E-state index contributed by atoms with van der Waals surface area (Å²) in [6.07, 6.45) is 3.20. The summed E-state index contributed by atoms with van der Waals surface area (Å²) in [6, 6.07) is 9.54. The zero-order chi connectivity index (χ0) is 20.3. The van der Waals surface area contributed by atoms with E-state index < -0.39 is 10.0 Å². The third-order valence-electron chi connectivity index (χ3n) is 4.34. The Bertz CT molecular complexity index is 921. The Hall–Kier alpha value is -1.94. The number of nitrogens with zero attached hydrogens (tertiary/aromatic N) is 2. The first-order valence-corrected chi connectivity index (χ1v) is 11.5. The largest absolute Gasteiger partial charge is 0.373 e. The van der Waals surface area contributed by atoms with E-state index in [1.54, 1.807) is 12.3 Å². The van der Waals surface area contributed by atoms with Gasteiger partial charge in [0.25, 0.3) is 5.91 Å². The number of aromatic nitrogens is 1. The first-order chi connectivity index (χ1) is 13.3. The van der Waals surface area contributed by atoms with E-state index in [2.05, 4.69) is 10.3 Å². The van der Waals surface area contributed by atoms with E-state index in [-0.39, 0.29) is 23.0 Å². The fourth-order valence-electron chi connectivity index (χ4n) is 3.03. The summed E-state index contributed by atoms with van der Waals surface area (Å²) < 4.78 is 32.8. The van der Waals surface area contributed by atoms with Crippen LogP contribution in [-0.4, -0.2) is 55.2 Å². The molecule has 1 aromatic heterocycles. The molecule has 1 fully saturated rings. The lowest BCUT2D eigenvalue weighted by Gasteiger charge is -2.34. The molecule has 28 heavy (non-hydrogen) atoms. The van der Waals surface area contributed by atoms with Gasteiger partial charge in [-0.1, -0.05) is 0 Å². The van der Waals surface area contributed by atoms with Gasteiger partial charge in [0.05, 0.1) is 34.0 Å². The van der Waals surface area contributed by atoms with Crippen molar-refractivity contribution in [3.8, 4) is 0 Å². The van der Waals surface area contributed by atoms with Crippen molar-refractivity contribution in [2.24, 2.45) is 0 Å². The van der Waals surface area contributed by atoms with E-state index in [9.17, 15) is 13.2 Å². The zero-order valence-corrected chi connectivity index (χ0v) is 17.6. The second kappa shape index (κ2) is 8.60. The quantitative estimate of drug-likeness (QED) is 0.747. The molecule has 2 unspecified atom stereocenters. The van der Waals surface area contributed by atoms with Gasteiger partial charge in [-0.15, -0.1) is 11.8 Å². The highest BCUT2D eigenvalue weighted by atomic mass is 32.2. The van der Waals surface area contributed by atoms with E-state index in [0.29, 0.717) is 24.3 Å². The van der Waals surface area contributed by atoms with E-state index in [1.807, 2.05) is 26.2 Å². The highest BCUT2D eigenvalue weighted by Crippen LogP contribution is 2.22. The van der Waals surface area contributed by atoms with Crippen molar-refractivity contribution in [2.75, 3.05) is 24.7 Å². The molecule has 0 radical (unpaired) electrons. The predicted octanol–water partition coefficient (Wildman–Crippen LogP) is 2.85. The Morgan fingerprint density at radius 3 is 2.32 bits per heavy atom. The van der Waals surface area contributed by atoms with Crippen LogP contribution in [0, 0.1) is 0 Å². The van der Waals surface area contributed by atoms with Crippen LogP contribution < -0.4 is 5.32 Å². The molecule has 9 heteroatoms. The lowest BCUT2D eigenvalue weighted by Crippen LogP contribution is -2.48.